The third kappa shape index (κ3) is 9.86. The first-order valence-electron chi connectivity index (χ1n) is 7.79. The highest BCUT2D eigenvalue weighted by Crippen LogP contribution is 2.06. The quantitative estimate of drug-likeness (QED) is 0.413. The van der Waals surface area contributed by atoms with Gasteiger partial charge < -0.3 is 5.11 Å². The van der Waals surface area contributed by atoms with Crippen LogP contribution in [0.3, 0.4) is 0 Å². The summed E-state index contributed by atoms with van der Waals surface area (Å²) in [4.78, 5) is 31.3. The van der Waals surface area contributed by atoms with Crippen molar-refractivity contribution in [1.29, 1.82) is 0 Å². The van der Waals surface area contributed by atoms with E-state index >= 15 is 0 Å². The van der Waals surface area contributed by atoms with E-state index in [0.717, 1.165) is 12.8 Å². The molecular formula is C18H26O4. The molecule has 4 heteroatoms. The number of carbonyl (C=O) groups is 3. The van der Waals surface area contributed by atoms with Gasteiger partial charge in [-0.25, -0.2) is 0 Å². The molecule has 0 aliphatic carbocycles. The predicted octanol–water partition coefficient (Wildman–Crippen LogP) is 4.52. The number of hydrogen-bond acceptors (Lipinski definition) is 3. The molecule has 0 radical (unpaired) electrons. The molecule has 1 rings (SSSR count). The standard InChI is InChI=1S/C9H8O2.C9H18O2/c1-7(11)9-5-3-2-4-8(9)6-10;1-2-3-4-5-6-7-8-9(10)11/h2-6H,1H3;2-8H2,1H3,(H,10,11). The molecule has 1 aromatic carbocycles. The normalized spacial score (nSPS) is 9.55. The third-order valence-corrected chi connectivity index (χ3v) is 3.21. The molecule has 0 aromatic heterocycles. The third-order valence-electron chi connectivity index (χ3n) is 3.21. The molecule has 0 amide bonds. The van der Waals surface area contributed by atoms with Crippen molar-refractivity contribution in [3.05, 3.63) is 35.4 Å². The van der Waals surface area contributed by atoms with Gasteiger partial charge in [0, 0.05) is 17.5 Å². The Hall–Kier alpha value is -1.97. The van der Waals surface area contributed by atoms with Gasteiger partial charge in [0.25, 0.3) is 0 Å². The second-order valence-electron chi connectivity index (χ2n) is 5.17. The Labute approximate surface area is 132 Å². The number of unbranched alkanes of at least 4 members (excludes halogenated alkanes) is 5. The van der Waals surface area contributed by atoms with E-state index in [1.807, 2.05) is 0 Å². The largest absolute Gasteiger partial charge is 0.481 e. The first-order valence-corrected chi connectivity index (χ1v) is 7.79. The fraction of sp³-hybridized carbons (Fsp3) is 0.500. The van der Waals surface area contributed by atoms with Crippen molar-refractivity contribution in [2.75, 3.05) is 0 Å². The van der Waals surface area contributed by atoms with Crippen LogP contribution in [-0.2, 0) is 4.79 Å². The summed E-state index contributed by atoms with van der Waals surface area (Å²) in [5.74, 6) is -0.742. The number of carboxylic acids is 1. The molecule has 0 saturated carbocycles. The maximum atomic E-state index is 10.9. The molecular weight excluding hydrogens is 280 g/mol. The van der Waals surface area contributed by atoms with Crippen LogP contribution in [0.2, 0.25) is 0 Å². The van der Waals surface area contributed by atoms with Gasteiger partial charge in [-0.05, 0) is 13.3 Å². The molecule has 0 unspecified atom stereocenters. The highest BCUT2D eigenvalue weighted by molar-refractivity contribution is 6.01. The fourth-order valence-corrected chi connectivity index (χ4v) is 1.98. The summed E-state index contributed by atoms with van der Waals surface area (Å²) in [5, 5.41) is 8.32. The summed E-state index contributed by atoms with van der Waals surface area (Å²) in [6, 6.07) is 6.75. The lowest BCUT2D eigenvalue weighted by Gasteiger charge is -1.97. The Morgan fingerprint density at radius 2 is 1.64 bits per heavy atom. The van der Waals surface area contributed by atoms with E-state index in [4.69, 9.17) is 5.11 Å². The molecule has 1 aromatic rings. The second-order valence-corrected chi connectivity index (χ2v) is 5.17. The Bertz CT molecular complexity index is 466. The first kappa shape index (κ1) is 20.0. The summed E-state index contributed by atoms with van der Waals surface area (Å²) < 4.78 is 0. The van der Waals surface area contributed by atoms with Gasteiger partial charge in [0.15, 0.2) is 12.1 Å². The molecule has 0 aliphatic rings. The van der Waals surface area contributed by atoms with Gasteiger partial charge in [0.2, 0.25) is 0 Å². The van der Waals surface area contributed by atoms with E-state index in [1.165, 1.54) is 32.6 Å². The number of ketones is 1. The van der Waals surface area contributed by atoms with Gasteiger partial charge in [-0.3, -0.25) is 14.4 Å². The highest BCUT2D eigenvalue weighted by Gasteiger charge is 2.03. The summed E-state index contributed by atoms with van der Waals surface area (Å²) in [7, 11) is 0. The number of carbonyl (C=O) groups excluding carboxylic acids is 2. The number of Topliss-reactive ketones (excluding diaryl/α,β-unsaturated/α-hetero) is 1. The minimum Gasteiger partial charge on any atom is -0.481 e. The van der Waals surface area contributed by atoms with Crippen LogP contribution >= 0.6 is 0 Å². The molecule has 0 saturated heterocycles. The minimum absolute atomic E-state index is 0.0762. The van der Waals surface area contributed by atoms with Crippen LogP contribution in [0.25, 0.3) is 0 Å². The lowest BCUT2D eigenvalue weighted by molar-refractivity contribution is -0.137. The van der Waals surface area contributed by atoms with Gasteiger partial charge in [0.1, 0.15) is 0 Å². The van der Waals surface area contributed by atoms with Gasteiger partial charge in [-0.15, -0.1) is 0 Å². The molecule has 0 heterocycles. The smallest absolute Gasteiger partial charge is 0.303 e. The number of rotatable bonds is 9. The van der Waals surface area contributed by atoms with Crippen molar-refractivity contribution in [2.24, 2.45) is 0 Å². The van der Waals surface area contributed by atoms with Crippen LogP contribution in [0, 0.1) is 0 Å². The Morgan fingerprint density at radius 1 is 1.05 bits per heavy atom. The average molecular weight is 306 g/mol. The van der Waals surface area contributed by atoms with Gasteiger partial charge in [0.05, 0.1) is 0 Å². The van der Waals surface area contributed by atoms with Crippen LogP contribution in [0.1, 0.15) is 79.5 Å². The summed E-state index contributed by atoms with van der Waals surface area (Å²) in [6.07, 6.45) is 7.94. The van der Waals surface area contributed by atoms with Crippen LogP contribution in [0.15, 0.2) is 24.3 Å². The number of aldehydes is 1. The fourth-order valence-electron chi connectivity index (χ4n) is 1.98. The van der Waals surface area contributed by atoms with Crippen molar-refractivity contribution in [3.63, 3.8) is 0 Å². The average Bonchev–Trinajstić information content (AvgIpc) is 2.51. The van der Waals surface area contributed by atoms with Crippen molar-refractivity contribution >= 4 is 18.0 Å². The molecule has 0 aliphatic heterocycles. The maximum Gasteiger partial charge on any atom is 0.303 e. The zero-order chi connectivity index (χ0) is 16.8. The lowest BCUT2D eigenvalue weighted by atomic mass is 10.1. The Morgan fingerprint density at radius 3 is 2.14 bits per heavy atom. The van der Waals surface area contributed by atoms with E-state index in [9.17, 15) is 14.4 Å². The second kappa shape index (κ2) is 12.7. The number of carboxylic acid groups (broad SMARTS) is 1. The van der Waals surface area contributed by atoms with Crippen LogP contribution in [0.4, 0.5) is 0 Å². The van der Waals surface area contributed by atoms with E-state index < -0.39 is 5.97 Å². The molecule has 1 N–H and O–H groups in total. The first-order chi connectivity index (χ1) is 10.5. The summed E-state index contributed by atoms with van der Waals surface area (Å²) in [6.45, 7) is 3.62. The Kier molecular flexibility index (Phi) is 11.6. The SMILES string of the molecule is CC(=O)c1ccccc1C=O.CCCCCCCCC(=O)O. The molecule has 0 fully saturated rings. The van der Waals surface area contributed by atoms with E-state index in [-0.39, 0.29) is 5.78 Å². The lowest BCUT2D eigenvalue weighted by Crippen LogP contribution is -1.97. The summed E-state index contributed by atoms with van der Waals surface area (Å²) >= 11 is 0. The molecule has 0 spiro atoms. The van der Waals surface area contributed by atoms with E-state index in [2.05, 4.69) is 6.92 Å². The highest BCUT2D eigenvalue weighted by atomic mass is 16.4. The molecule has 0 atom stereocenters. The molecule has 22 heavy (non-hydrogen) atoms. The number of hydrogen-bond donors (Lipinski definition) is 1. The Balaban J connectivity index is 0.000000401. The van der Waals surface area contributed by atoms with Crippen molar-refractivity contribution in [1.82, 2.24) is 0 Å². The van der Waals surface area contributed by atoms with Crippen molar-refractivity contribution < 1.29 is 19.5 Å². The molecule has 0 bridgehead atoms. The number of aliphatic carboxylic acids is 1. The van der Waals surface area contributed by atoms with Crippen LogP contribution in [-0.4, -0.2) is 23.1 Å². The van der Waals surface area contributed by atoms with E-state index in [1.54, 1.807) is 24.3 Å². The maximum absolute atomic E-state index is 10.9. The monoisotopic (exact) mass is 306 g/mol. The summed E-state index contributed by atoms with van der Waals surface area (Å²) in [5.41, 5.74) is 0.947. The predicted molar refractivity (Wildman–Crippen MR) is 87.5 cm³/mol. The van der Waals surface area contributed by atoms with Crippen molar-refractivity contribution in [2.45, 2.75) is 58.8 Å². The van der Waals surface area contributed by atoms with E-state index in [0.29, 0.717) is 23.8 Å². The van der Waals surface area contributed by atoms with Gasteiger partial charge in [-0.2, -0.15) is 0 Å². The topological polar surface area (TPSA) is 71.4 Å². The van der Waals surface area contributed by atoms with Crippen LogP contribution < -0.4 is 0 Å². The zero-order valence-electron chi connectivity index (χ0n) is 13.5. The van der Waals surface area contributed by atoms with Crippen LogP contribution in [0.5, 0.6) is 0 Å². The molecule has 122 valence electrons. The zero-order valence-corrected chi connectivity index (χ0v) is 13.5. The molecule has 4 nitrogen and oxygen atoms in total. The van der Waals surface area contributed by atoms with Gasteiger partial charge >= 0.3 is 5.97 Å². The minimum atomic E-state index is -0.666. The van der Waals surface area contributed by atoms with Crippen molar-refractivity contribution in [3.8, 4) is 0 Å². The number of benzene rings is 1. The van der Waals surface area contributed by atoms with Gasteiger partial charge in [-0.1, -0.05) is 63.3 Å².